The first-order chi connectivity index (χ1) is 13.0. The average Bonchev–Trinajstić information content (AvgIpc) is 3.15. The molecule has 0 bridgehead atoms. The summed E-state index contributed by atoms with van der Waals surface area (Å²) in [6.45, 7) is 3.59. The number of hydrogen-bond acceptors (Lipinski definition) is 7. The number of halogens is 1. The molecule has 2 fully saturated rings. The minimum Gasteiger partial charge on any atom is -0.391 e. The van der Waals surface area contributed by atoms with Crippen LogP contribution in [-0.2, 0) is 4.74 Å². The third-order valence-corrected chi connectivity index (χ3v) is 5.13. The number of ether oxygens (including phenoxy) is 1. The second-order valence-electron chi connectivity index (χ2n) is 7.05. The maximum Gasteiger partial charge on any atom is 0.222 e. The molecule has 2 saturated heterocycles. The normalized spacial score (nSPS) is 21.5. The van der Waals surface area contributed by atoms with Gasteiger partial charge < -0.3 is 20.5 Å². The summed E-state index contributed by atoms with van der Waals surface area (Å²) in [4.78, 5) is 14.9. The van der Waals surface area contributed by atoms with Crippen LogP contribution in [0.3, 0.4) is 0 Å². The highest BCUT2D eigenvalue weighted by molar-refractivity contribution is 6.32. The molecule has 0 aliphatic carbocycles. The lowest BCUT2D eigenvalue weighted by Crippen LogP contribution is -2.29. The van der Waals surface area contributed by atoms with Gasteiger partial charge in [-0.25, -0.2) is 9.97 Å². The van der Waals surface area contributed by atoms with Crippen LogP contribution in [0.5, 0.6) is 0 Å². The van der Waals surface area contributed by atoms with Gasteiger partial charge in [-0.3, -0.25) is 4.57 Å². The maximum atomic E-state index is 8.78. The molecule has 148 valence electrons. The maximum absolute atomic E-state index is 8.78. The zero-order valence-corrected chi connectivity index (χ0v) is 16.3. The molecule has 0 amide bonds. The monoisotopic (exact) mass is 394 g/mol. The van der Waals surface area contributed by atoms with E-state index >= 15 is 0 Å². The summed E-state index contributed by atoms with van der Waals surface area (Å²) in [6.07, 6.45) is 9.25. The molecule has 0 spiro atoms. The van der Waals surface area contributed by atoms with Crippen LogP contribution in [0.1, 0.15) is 37.3 Å². The van der Waals surface area contributed by atoms with Crippen molar-refractivity contribution in [3.05, 3.63) is 29.4 Å². The van der Waals surface area contributed by atoms with Crippen molar-refractivity contribution in [2.45, 2.75) is 37.7 Å². The number of nitrogens with zero attached hydrogens (tertiary/aromatic N) is 5. The lowest BCUT2D eigenvalue weighted by atomic mass is 9.94. The number of rotatable bonds is 2. The molecule has 2 aliphatic rings. The molecule has 0 saturated carbocycles. The van der Waals surface area contributed by atoms with E-state index in [4.69, 9.17) is 27.2 Å². The Bertz CT molecular complexity index is 726. The number of likely N-dealkylation sites (tertiary alicyclic amines) is 1. The van der Waals surface area contributed by atoms with Gasteiger partial charge in [-0.1, -0.05) is 11.6 Å². The number of hydrogen-bond donors (Lipinski definition) is 2. The quantitative estimate of drug-likeness (QED) is 0.801. The average molecular weight is 395 g/mol. The van der Waals surface area contributed by atoms with E-state index in [2.05, 4.69) is 26.9 Å². The number of nitrogens with two attached hydrogens (primary N) is 1. The van der Waals surface area contributed by atoms with Gasteiger partial charge in [-0.15, -0.1) is 0 Å². The van der Waals surface area contributed by atoms with E-state index in [-0.39, 0.29) is 12.1 Å². The summed E-state index contributed by atoms with van der Waals surface area (Å²) in [5.74, 6) is 1.29. The Morgan fingerprint density at radius 1 is 1.26 bits per heavy atom. The van der Waals surface area contributed by atoms with Gasteiger partial charge in [0.05, 0.1) is 24.6 Å². The van der Waals surface area contributed by atoms with Gasteiger partial charge in [0, 0.05) is 18.7 Å². The fourth-order valence-corrected chi connectivity index (χ4v) is 3.43. The number of aliphatic hydroxyl groups is 1. The van der Waals surface area contributed by atoms with Crippen molar-refractivity contribution in [1.82, 2.24) is 24.4 Å². The van der Waals surface area contributed by atoms with E-state index in [9.17, 15) is 0 Å². The predicted octanol–water partition coefficient (Wildman–Crippen LogP) is 1.86. The van der Waals surface area contributed by atoms with Gasteiger partial charge in [-0.2, -0.15) is 4.98 Å². The molecule has 0 aromatic carbocycles. The Kier molecular flexibility index (Phi) is 7.01. The van der Waals surface area contributed by atoms with E-state index in [1.54, 1.807) is 6.33 Å². The fourth-order valence-electron chi connectivity index (χ4n) is 3.25. The minimum atomic E-state index is -0.186. The molecule has 3 N–H and O–H groups in total. The molecule has 2 aromatic rings. The summed E-state index contributed by atoms with van der Waals surface area (Å²) in [5.41, 5.74) is 6.70. The molecular weight excluding hydrogens is 368 g/mol. The molecule has 0 radical (unpaired) electrons. The first-order valence-electron chi connectivity index (χ1n) is 9.29. The number of aromatic nitrogens is 4. The largest absolute Gasteiger partial charge is 0.391 e. The minimum absolute atomic E-state index is 0.186. The molecule has 2 aromatic heterocycles. The number of aliphatic hydroxyl groups excluding tert-OH is 1. The molecule has 4 rings (SSSR count). The summed E-state index contributed by atoms with van der Waals surface area (Å²) < 4.78 is 6.75. The summed E-state index contributed by atoms with van der Waals surface area (Å²) in [5, 5.41) is 9.25. The third kappa shape index (κ3) is 5.62. The van der Waals surface area contributed by atoms with Crippen LogP contribution in [0.4, 0.5) is 5.95 Å². The van der Waals surface area contributed by atoms with Crippen molar-refractivity contribution in [2.75, 3.05) is 39.1 Å². The predicted molar refractivity (Wildman–Crippen MR) is 104 cm³/mol. The smallest absolute Gasteiger partial charge is 0.222 e. The van der Waals surface area contributed by atoms with Gasteiger partial charge in [0.25, 0.3) is 0 Å². The van der Waals surface area contributed by atoms with Crippen LogP contribution in [0.15, 0.2) is 18.7 Å². The first kappa shape index (κ1) is 20.0. The number of imidazole rings is 1. The molecule has 1 unspecified atom stereocenters. The highest BCUT2D eigenvalue weighted by atomic mass is 35.5. The van der Waals surface area contributed by atoms with E-state index in [0.717, 1.165) is 51.1 Å². The molecule has 8 nitrogen and oxygen atoms in total. The summed E-state index contributed by atoms with van der Waals surface area (Å²) >= 11 is 6.11. The molecular formula is C18H27ClN6O2. The van der Waals surface area contributed by atoms with Gasteiger partial charge in [-0.05, 0) is 45.8 Å². The molecule has 1 atom stereocenters. The lowest BCUT2D eigenvalue weighted by molar-refractivity contribution is -0.00535. The van der Waals surface area contributed by atoms with Crippen LogP contribution < -0.4 is 5.73 Å². The van der Waals surface area contributed by atoms with Crippen molar-refractivity contribution in [3.8, 4) is 5.82 Å². The fraction of sp³-hybridized carbons (Fsp3) is 0.611. The molecule has 4 heterocycles. The third-order valence-electron chi connectivity index (χ3n) is 4.86. The summed E-state index contributed by atoms with van der Waals surface area (Å²) in [6, 6.07) is 0. The zero-order valence-electron chi connectivity index (χ0n) is 15.6. The highest BCUT2D eigenvalue weighted by Gasteiger charge is 2.21. The SMILES string of the molecule is CN1CCC(c2cn(-c3nc(N)ncc3Cl)cn2)CC1.OC1CCCOC1. The van der Waals surface area contributed by atoms with Crippen LogP contribution >= 0.6 is 11.6 Å². The van der Waals surface area contributed by atoms with Gasteiger partial charge in [0.2, 0.25) is 5.95 Å². The van der Waals surface area contributed by atoms with Crippen molar-refractivity contribution in [3.63, 3.8) is 0 Å². The Morgan fingerprint density at radius 2 is 2.04 bits per heavy atom. The van der Waals surface area contributed by atoms with Crippen molar-refractivity contribution >= 4 is 17.5 Å². The van der Waals surface area contributed by atoms with Gasteiger partial charge >= 0.3 is 0 Å². The van der Waals surface area contributed by atoms with Crippen LogP contribution in [0.2, 0.25) is 5.02 Å². The van der Waals surface area contributed by atoms with E-state index in [1.165, 1.54) is 6.20 Å². The highest BCUT2D eigenvalue weighted by Crippen LogP contribution is 2.27. The Balaban J connectivity index is 0.000000253. The standard InChI is InChI=1S/C13H17ClN6.C5H10O2/c1-19-4-2-9(3-5-19)11-7-20(8-17-11)12-10(14)6-16-13(15)18-12;6-5-2-1-3-7-4-5/h6-9H,2-5H2,1H3,(H2,15,16,18);5-6H,1-4H2. The Hall–Kier alpha value is -1.74. The topological polar surface area (TPSA) is 102 Å². The van der Waals surface area contributed by atoms with Gasteiger partial charge in [0.1, 0.15) is 11.3 Å². The second kappa shape index (κ2) is 9.45. The number of nitrogen functional groups attached to an aromatic ring is 1. The number of piperidine rings is 1. The van der Waals surface area contributed by atoms with Gasteiger partial charge in [0.15, 0.2) is 5.82 Å². The molecule has 9 heteroatoms. The lowest BCUT2D eigenvalue weighted by Gasteiger charge is -2.27. The van der Waals surface area contributed by atoms with E-state index in [0.29, 0.717) is 23.4 Å². The van der Waals surface area contributed by atoms with Crippen LogP contribution in [-0.4, -0.2) is 69.0 Å². The van der Waals surface area contributed by atoms with E-state index < -0.39 is 0 Å². The first-order valence-corrected chi connectivity index (χ1v) is 9.67. The number of anilines is 1. The van der Waals surface area contributed by atoms with Crippen molar-refractivity contribution < 1.29 is 9.84 Å². The second-order valence-corrected chi connectivity index (χ2v) is 7.46. The van der Waals surface area contributed by atoms with Crippen molar-refractivity contribution in [1.29, 1.82) is 0 Å². The molecule has 27 heavy (non-hydrogen) atoms. The van der Waals surface area contributed by atoms with Crippen LogP contribution in [0.25, 0.3) is 5.82 Å². The Labute approximate surface area is 164 Å². The Morgan fingerprint density at radius 3 is 2.67 bits per heavy atom. The van der Waals surface area contributed by atoms with E-state index in [1.807, 2.05) is 10.8 Å². The molecule has 2 aliphatic heterocycles. The summed E-state index contributed by atoms with van der Waals surface area (Å²) in [7, 11) is 2.15. The zero-order chi connectivity index (χ0) is 19.2. The van der Waals surface area contributed by atoms with Crippen LogP contribution in [0, 0.1) is 0 Å². The van der Waals surface area contributed by atoms with Crippen molar-refractivity contribution in [2.24, 2.45) is 0 Å².